The highest BCUT2D eigenvalue weighted by atomic mass is 16.5. The number of rotatable bonds is 6. The largest absolute Gasteiger partial charge is 0.490 e. The summed E-state index contributed by atoms with van der Waals surface area (Å²) in [7, 11) is 1.92. The summed E-state index contributed by atoms with van der Waals surface area (Å²) in [5.74, 6) is 1.41. The highest BCUT2D eigenvalue weighted by molar-refractivity contribution is 5.97. The van der Waals surface area contributed by atoms with Crippen molar-refractivity contribution in [1.82, 2.24) is 19.7 Å². The minimum Gasteiger partial charge on any atom is -0.490 e. The maximum Gasteiger partial charge on any atom is 0.163 e. The van der Waals surface area contributed by atoms with E-state index in [-0.39, 0.29) is 6.10 Å². The lowest BCUT2D eigenvalue weighted by atomic mass is 10.0. The van der Waals surface area contributed by atoms with Crippen LogP contribution in [0, 0.1) is 0 Å². The van der Waals surface area contributed by atoms with Crippen LogP contribution in [0.4, 0.5) is 0 Å². The fourth-order valence-corrected chi connectivity index (χ4v) is 4.08. The second-order valence-electron chi connectivity index (χ2n) is 7.83. The van der Waals surface area contributed by atoms with Gasteiger partial charge in [-0.1, -0.05) is 30.3 Å². The molecular formula is C25H26N4O3. The van der Waals surface area contributed by atoms with Crippen LogP contribution in [0.2, 0.25) is 0 Å². The van der Waals surface area contributed by atoms with Gasteiger partial charge in [-0.2, -0.15) is 5.10 Å². The summed E-state index contributed by atoms with van der Waals surface area (Å²) < 4.78 is 19.6. The highest BCUT2D eigenvalue weighted by Gasteiger charge is 2.21. The zero-order chi connectivity index (χ0) is 21.9. The molecule has 7 heteroatoms. The molecule has 3 heterocycles. The summed E-state index contributed by atoms with van der Waals surface area (Å²) in [6.07, 6.45) is 5.42. The van der Waals surface area contributed by atoms with E-state index in [2.05, 4.69) is 22.1 Å². The van der Waals surface area contributed by atoms with Crippen LogP contribution in [0.25, 0.3) is 33.4 Å². The molecule has 1 fully saturated rings. The molecule has 0 amide bonds. The second-order valence-corrected chi connectivity index (χ2v) is 7.83. The zero-order valence-corrected chi connectivity index (χ0v) is 18.3. The molecule has 0 atom stereocenters. The van der Waals surface area contributed by atoms with Gasteiger partial charge in [0, 0.05) is 48.7 Å². The van der Waals surface area contributed by atoms with Crippen LogP contribution in [0.15, 0.2) is 55.0 Å². The van der Waals surface area contributed by atoms with Crippen LogP contribution >= 0.6 is 0 Å². The molecule has 32 heavy (non-hydrogen) atoms. The van der Waals surface area contributed by atoms with Gasteiger partial charge < -0.3 is 14.2 Å². The van der Waals surface area contributed by atoms with E-state index in [0.717, 1.165) is 46.3 Å². The fraction of sp³-hybridized carbons (Fsp3) is 0.320. The lowest BCUT2D eigenvalue weighted by Crippen LogP contribution is -2.26. The summed E-state index contributed by atoms with van der Waals surface area (Å²) >= 11 is 0. The molecule has 164 valence electrons. The third-order valence-electron chi connectivity index (χ3n) is 5.59. The lowest BCUT2D eigenvalue weighted by Gasteiger charge is -2.24. The summed E-state index contributed by atoms with van der Waals surface area (Å²) in [5.41, 5.74) is 4.50. The molecule has 7 nitrogen and oxygen atoms in total. The Balaban J connectivity index is 1.64. The van der Waals surface area contributed by atoms with Crippen molar-refractivity contribution < 1.29 is 14.2 Å². The number of hydrogen-bond donors (Lipinski definition) is 0. The topological polar surface area (TPSA) is 71.3 Å². The lowest BCUT2D eigenvalue weighted by molar-refractivity contribution is 0.0244. The molecule has 0 aliphatic carbocycles. The second kappa shape index (κ2) is 8.96. The Morgan fingerprint density at radius 2 is 1.84 bits per heavy atom. The summed E-state index contributed by atoms with van der Waals surface area (Å²) in [4.78, 5) is 9.17. The number of nitrogens with zero attached hydrogens (tertiary/aromatic N) is 4. The monoisotopic (exact) mass is 430 g/mol. The van der Waals surface area contributed by atoms with Crippen molar-refractivity contribution in [3.63, 3.8) is 0 Å². The highest BCUT2D eigenvalue weighted by Crippen LogP contribution is 2.39. The first-order valence-electron chi connectivity index (χ1n) is 11.0. The van der Waals surface area contributed by atoms with Gasteiger partial charge in [-0.25, -0.2) is 9.97 Å². The standard InChI is InChI=1S/C25H26N4O3/c1-3-31-22-14-21-19(13-23(22)32-18-9-11-30-12-10-18)25(27-16-26-21)20-15-29(2)28-24(20)17-7-5-4-6-8-17/h4-8,13-16,18H,3,9-12H2,1-2H3. The number of fused-ring (bicyclic) bond motifs is 1. The van der Waals surface area contributed by atoms with E-state index in [4.69, 9.17) is 19.3 Å². The molecule has 1 aliphatic heterocycles. The van der Waals surface area contributed by atoms with Crippen molar-refractivity contribution in [1.29, 1.82) is 0 Å². The van der Waals surface area contributed by atoms with Crippen molar-refractivity contribution in [3.05, 3.63) is 55.0 Å². The molecule has 1 aliphatic rings. The molecular weight excluding hydrogens is 404 g/mol. The third kappa shape index (κ3) is 4.03. The van der Waals surface area contributed by atoms with Crippen LogP contribution in [0.1, 0.15) is 19.8 Å². The Hall–Kier alpha value is -3.45. The summed E-state index contributed by atoms with van der Waals surface area (Å²) in [6, 6.07) is 14.1. The molecule has 2 aromatic carbocycles. The van der Waals surface area contributed by atoms with Crippen LogP contribution in [0.3, 0.4) is 0 Å². The van der Waals surface area contributed by atoms with Crippen molar-refractivity contribution >= 4 is 10.9 Å². The Bertz CT molecular complexity index is 1220. The van der Waals surface area contributed by atoms with Gasteiger partial charge in [0.1, 0.15) is 18.1 Å². The Labute approximate surface area is 187 Å². The van der Waals surface area contributed by atoms with Gasteiger partial charge in [0.05, 0.1) is 31.0 Å². The van der Waals surface area contributed by atoms with Gasteiger partial charge in [0.15, 0.2) is 11.5 Å². The molecule has 0 radical (unpaired) electrons. The first-order chi connectivity index (χ1) is 15.7. The summed E-state index contributed by atoms with van der Waals surface area (Å²) in [6.45, 7) is 3.95. The molecule has 0 bridgehead atoms. The number of aromatic nitrogens is 4. The van der Waals surface area contributed by atoms with Gasteiger partial charge in [-0.05, 0) is 13.0 Å². The van der Waals surface area contributed by atoms with Crippen molar-refractivity contribution in [2.75, 3.05) is 19.8 Å². The third-order valence-corrected chi connectivity index (χ3v) is 5.59. The smallest absolute Gasteiger partial charge is 0.163 e. The zero-order valence-electron chi connectivity index (χ0n) is 18.3. The maximum atomic E-state index is 6.38. The molecule has 0 unspecified atom stereocenters. The van der Waals surface area contributed by atoms with Gasteiger partial charge in [0.2, 0.25) is 0 Å². The van der Waals surface area contributed by atoms with E-state index in [9.17, 15) is 0 Å². The predicted molar refractivity (Wildman–Crippen MR) is 123 cm³/mol. The van der Waals surface area contributed by atoms with Crippen LogP contribution in [-0.2, 0) is 11.8 Å². The molecule has 4 aromatic rings. The van der Waals surface area contributed by atoms with Gasteiger partial charge in [-0.15, -0.1) is 0 Å². The Morgan fingerprint density at radius 3 is 2.62 bits per heavy atom. The van der Waals surface area contributed by atoms with Crippen molar-refractivity contribution in [3.8, 4) is 34.0 Å². The van der Waals surface area contributed by atoms with Gasteiger partial charge in [-0.3, -0.25) is 4.68 Å². The van der Waals surface area contributed by atoms with E-state index in [1.54, 1.807) is 6.33 Å². The number of hydrogen-bond acceptors (Lipinski definition) is 6. The molecule has 0 saturated carbocycles. The average molecular weight is 431 g/mol. The van der Waals surface area contributed by atoms with Crippen molar-refractivity contribution in [2.24, 2.45) is 7.05 Å². The quantitative estimate of drug-likeness (QED) is 0.443. The van der Waals surface area contributed by atoms with E-state index in [1.807, 2.05) is 55.2 Å². The molecule has 2 aromatic heterocycles. The van der Waals surface area contributed by atoms with E-state index < -0.39 is 0 Å². The molecule has 1 saturated heterocycles. The van der Waals surface area contributed by atoms with Crippen LogP contribution < -0.4 is 9.47 Å². The fourth-order valence-electron chi connectivity index (χ4n) is 4.08. The Kier molecular flexibility index (Phi) is 5.73. The molecule has 0 spiro atoms. The van der Waals surface area contributed by atoms with Crippen molar-refractivity contribution in [2.45, 2.75) is 25.9 Å². The molecule has 5 rings (SSSR count). The van der Waals surface area contributed by atoms with E-state index in [1.165, 1.54) is 0 Å². The first kappa shape index (κ1) is 20.5. The van der Waals surface area contributed by atoms with Crippen LogP contribution in [0.5, 0.6) is 11.5 Å². The summed E-state index contributed by atoms with van der Waals surface area (Å²) in [5, 5.41) is 5.62. The number of aryl methyl sites for hydroxylation is 1. The minimum absolute atomic E-state index is 0.103. The normalized spacial score (nSPS) is 14.6. The van der Waals surface area contributed by atoms with Crippen LogP contribution in [-0.4, -0.2) is 45.7 Å². The molecule has 0 N–H and O–H groups in total. The average Bonchev–Trinajstić information content (AvgIpc) is 3.22. The number of benzene rings is 2. The van der Waals surface area contributed by atoms with E-state index in [0.29, 0.717) is 31.3 Å². The number of ether oxygens (including phenoxy) is 3. The predicted octanol–water partition coefficient (Wildman–Crippen LogP) is 4.65. The SMILES string of the molecule is CCOc1cc2ncnc(-c3cn(C)nc3-c3ccccc3)c2cc1OC1CCOCC1. The van der Waals surface area contributed by atoms with E-state index >= 15 is 0 Å². The van der Waals surface area contributed by atoms with Gasteiger partial charge >= 0.3 is 0 Å². The first-order valence-corrected chi connectivity index (χ1v) is 11.0. The van der Waals surface area contributed by atoms with Gasteiger partial charge in [0.25, 0.3) is 0 Å². The maximum absolute atomic E-state index is 6.38. The minimum atomic E-state index is 0.103. The Morgan fingerprint density at radius 1 is 1.03 bits per heavy atom.